The molecule has 1 saturated heterocycles. The summed E-state index contributed by atoms with van der Waals surface area (Å²) in [5.41, 5.74) is 0.378. The highest BCUT2D eigenvalue weighted by molar-refractivity contribution is 5.01. The highest BCUT2D eigenvalue weighted by atomic mass is 16.5. The molecule has 116 valence electrons. The third kappa shape index (κ3) is 3.75. The normalized spacial score (nSPS) is 34.6. The van der Waals surface area contributed by atoms with Crippen molar-refractivity contribution in [3.05, 3.63) is 0 Å². The smallest absolute Gasteiger partial charge is 0.0694 e. The van der Waals surface area contributed by atoms with Gasteiger partial charge in [-0.15, -0.1) is 0 Å². The van der Waals surface area contributed by atoms with Crippen molar-refractivity contribution in [2.75, 3.05) is 26.4 Å². The van der Waals surface area contributed by atoms with Crippen LogP contribution < -0.4 is 5.32 Å². The summed E-state index contributed by atoms with van der Waals surface area (Å²) in [5.74, 6) is 1.65. The summed E-state index contributed by atoms with van der Waals surface area (Å²) in [5, 5.41) is 3.71. The molecule has 3 fully saturated rings. The van der Waals surface area contributed by atoms with E-state index in [9.17, 15) is 0 Å². The van der Waals surface area contributed by atoms with Gasteiger partial charge in [0.1, 0.15) is 0 Å². The fourth-order valence-electron chi connectivity index (χ4n) is 3.29. The molecular weight excluding hydrogens is 250 g/mol. The first-order valence-corrected chi connectivity index (χ1v) is 8.43. The lowest BCUT2D eigenvalue weighted by Gasteiger charge is -2.37. The monoisotopic (exact) mass is 281 g/mol. The van der Waals surface area contributed by atoms with Crippen molar-refractivity contribution in [3.63, 3.8) is 0 Å². The molecule has 3 rings (SSSR count). The van der Waals surface area contributed by atoms with E-state index in [2.05, 4.69) is 26.1 Å². The van der Waals surface area contributed by atoms with Crippen LogP contribution in [0.1, 0.15) is 52.9 Å². The Kier molecular flexibility index (Phi) is 4.13. The van der Waals surface area contributed by atoms with Crippen LogP contribution in [-0.2, 0) is 9.47 Å². The molecular formula is C17H31NO2. The predicted molar refractivity (Wildman–Crippen MR) is 80.8 cm³/mol. The van der Waals surface area contributed by atoms with Crippen LogP contribution in [0.15, 0.2) is 0 Å². The molecule has 0 aromatic rings. The summed E-state index contributed by atoms with van der Waals surface area (Å²) in [4.78, 5) is 0. The molecule has 20 heavy (non-hydrogen) atoms. The molecule has 0 radical (unpaired) electrons. The number of nitrogens with one attached hydrogen (secondary N) is 1. The highest BCUT2D eigenvalue weighted by Gasteiger charge is 2.51. The van der Waals surface area contributed by atoms with E-state index < -0.39 is 0 Å². The van der Waals surface area contributed by atoms with Crippen LogP contribution in [0.4, 0.5) is 0 Å². The second-order valence-corrected chi connectivity index (χ2v) is 8.30. The summed E-state index contributed by atoms with van der Waals surface area (Å²) >= 11 is 0. The van der Waals surface area contributed by atoms with Gasteiger partial charge in [0.15, 0.2) is 0 Å². The van der Waals surface area contributed by atoms with Gasteiger partial charge in [-0.25, -0.2) is 0 Å². The molecule has 1 N–H and O–H groups in total. The average Bonchev–Trinajstić information content (AvgIpc) is 3.27. The number of ether oxygens (including phenoxy) is 2. The molecule has 1 aliphatic heterocycles. The van der Waals surface area contributed by atoms with Gasteiger partial charge in [0.05, 0.1) is 12.7 Å². The average molecular weight is 281 g/mol. The first-order valence-electron chi connectivity index (χ1n) is 8.43. The third-order valence-corrected chi connectivity index (χ3v) is 4.96. The topological polar surface area (TPSA) is 30.5 Å². The molecule has 2 atom stereocenters. The molecule has 0 amide bonds. The lowest BCUT2D eigenvalue weighted by Crippen LogP contribution is -2.50. The number of hydrogen-bond donors (Lipinski definition) is 1. The second kappa shape index (κ2) is 5.58. The standard InChI is InChI=1S/C17H31NO2/c1-16(2,3)18-11-17(12-19-10-13-4-5-13)8-9-20-15(17)14-6-7-14/h13-15,18H,4-12H2,1-3H3. The Morgan fingerprint density at radius 1 is 1.20 bits per heavy atom. The minimum atomic E-state index is 0.167. The van der Waals surface area contributed by atoms with Gasteiger partial charge in [-0.1, -0.05) is 0 Å². The van der Waals surface area contributed by atoms with Crippen LogP contribution in [0.3, 0.4) is 0 Å². The van der Waals surface area contributed by atoms with E-state index in [-0.39, 0.29) is 11.0 Å². The van der Waals surface area contributed by atoms with Crippen molar-refractivity contribution >= 4 is 0 Å². The molecule has 0 spiro atoms. The van der Waals surface area contributed by atoms with E-state index in [0.29, 0.717) is 6.10 Å². The van der Waals surface area contributed by atoms with E-state index in [0.717, 1.165) is 44.6 Å². The molecule has 3 heteroatoms. The van der Waals surface area contributed by atoms with Crippen molar-refractivity contribution in [1.29, 1.82) is 0 Å². The molecule has 2 saturated carbocycles. The van der Waals surface area contributed by atoms with Gasteiger partial charge in [0, 0.05) is 30.7 Å². The molecule has 2 unspecified atom stereocenters. The van der Waals surface area contributed by atoms with Crippen LogP contribution in [0, 0.1) is 17.3 Å². The fraction of sp³-hybridized carbons (Fsp3) is 1.00. The van der Waals surface area contributed by atoms with Gasteiger partial charge in [0.25, 0.3) is 0 Å². The van der Waals surface area contributed by atoms with Gasteiger partial charge in [-0.2, -0.15) is 0 Å². The Morgan fingerprint density at radius 3 is 2.55 bits per heavy atom. The number of rotatable bonds is 7. The molecule has 0 aromatic heterocycles. The van der Waals surface area contributed by atoms with Gasteiger partial charge < -0.3 is 14.8 Å². The van der Waals surface area contributed by atoms with Gasteiger partial charge >= 0.3 is 0 Å². The van der Waals surface area contributed by atoms with E-state index in [4.69, 9.17) is 9.47 Å². The lowest BCUT2D eigenvalue weighted by molar-refractivity contribution is -0.0296. The molecule has 3 aliphatic rings. The van der Waals surface area contributed by atoms with Crippen LogP contribution in [0.25, 0.3) is 0 Å². The highest BCUT2D eigenvalue weighted by Crippen LogP contribution is 2.48. The summed E-state index contributed by atoms with van der Waals surface area (Å²) in [6.07, 6.45) is 7.03. The zero-order valence-corrected chi connectivity index (χ0v) is 13.4. The zero-order chi connectivity index (χ0) is 14.2. The molecule has 0 bridgehead atoms. The maximum absolute atomic E-state index is 6.11. The molecule has 2 aliphatic carbocycles. The van der Waals surface area contributed by atoms with E-state index in [1.807, 2.05) is 0 Å². The lowest BCUT2D eigenvalue weighted by atomic mass is 9.79. The maximum Gasteiger partial charge on any atom is 0.0694 e. The second-order valence-electron chi connectivity index (χ2n) is 8.30. The Balaban J connectivity index is 1.60. The summed E-state index contributed by atoms with van der Waals surface area (Å²) in [6.45, 7) is 10.5. The maximum atomic E-state index is 6.11. The first kappa shape index (κ1) is 14.8. The van der Waals surface area contributed by atoms with E-state index in [1.54, 1.807) is 0 Å². The zero-order valence-electron chi connectivity index (χ0n) is 13.4. The Labute approximate surface area is 123 Å². The Bertz CT molecular complexity index is 330. The van der Waals surface area contributed by atoms with Crippen LogP contribution in [-0.4, -0.2) is 38.0 Å². The minimum absolute atomic E-state index is 0.167. The van der Waals surface area contributed by atoms with Crippen LogP contribution >= 0.6 is 0 Å². The van der Waals surface area contributed by atoms with E-state index >= 15 is 0 Å². The van der Waals surface area contributed by atoms with Crippen molar-refractivity contribution in [3.8, 4) is 0 Å². The third-order valence-electron chi connectivity index (χ3n) is 4.96. The number of hydrogen-bond acceptors (Lipinski definition) is 3. The van der Waals surface area contributed by atoms with Gasteiger partial charge in [-0.05, 0) is 64.7 Å². The van der Waals surface area contributed by atoms with Crippen LogP contribution in [0.5, 0.6) is 0 Å². The fourth-order valence-corrected chi connectivity index (χ4v) is 3.29. The first-order chi connectivity index (χ1) is 9.49. The largest absolute Gasteiger partial charge is 0.380 e. The quantitative estimate of drug-likeness (QED) is 0.778. The predicted octanol–water partition coefficient (Wildman–Crippen LogP) is 2.99. The van der Waals surface area contributed by atoms with Crippen LogP contribution in [0.2, 0.25) is 0 Å². The molecule has 1 heterocycles. The van der Waals surface area contributed by atoms with E-state index in [1.165, 1.54) is 25.7 Å². The summed E-state index contributed by atoms with van der Waals surface area (Å²) in [7, 11) is 0. The summed E-state index contributed by atoms with van der Waals surface area (Å²) in [6, 6.07) is 0. The van der Waals surface area contributed by atoms with Crippen molar-refractivity contribution in [1.82, 2.24) is 5.32 Å². The molecule has 0 aromatic carbocycles. The van der Waals surface area contributed by atoms with Gasteiger partial charge in [-0.3, -0.25) is 0 Å². The SMILES string of the molecule is CC(C)(C)NCC1(COCC2CC2)CCOC1C1CC1. The minimum Gasteiger partial charge on any atom is -0.380 e. The van der Waals surface area contributed by atoms with Crippen molar-refractivity contribution in [2.24, 2.45) is 17.3 Å². The van der Waals surface area contributed by atoms with Crippen molar-refractivity contribution in [2.45, 2.75) is 64.5 Å². The summed E-state index contributed by atoms with van der Waals surface area (Å²) < 4.78 is 12.2. The molecule has 3 nitrogen and oxygen atoms in total. The van der Waals surface area contributed by atoms with Crippen molar-refractivity contribution < 1.29 is 9.47 Å². The van der Waals surface area contributed by atoms with Gasteiger partial charge in [0.2, 0.25) is 0 Å². The Morgan fingerprint density at radius 2 is 1.95 bits per heavy atom. The Hall–Kier alpha value is -0.120.